The summed E-state index contributed by atoms with van der Waals surface area (Å²) in [5.74, 6) is 1.47. The van der Waals surface area contributed by atoms with Crippen molar-refractivity contribution >= 4 is 11.8 Å². The van der Waals surface area contributed by atoms with Crippen molar-refractivity contribution in [3.8, 4) is 0 Å². The van der Waals surface area contributed by atoms with Crippen LogP contribution in [0.25, 0.3) is 0 Å². The lowest BCUT2D eigenvalue weighted by Gasteiger charge is -2.24. The fourth-order valence-electron chi connectivity index (χ4n) is 2.89. The van der Waals surface area contributed by atoms with E-state index in [-0.39, 0.29) is 0 Å². The summed E-state index contributed by atoms with van der Waals surface area (Å²) < 4.78 is 0. The van der Waals surface area contributed by atoms with Crippen LogP contribution in [0.15, 0.2) is 34.5 Å². The Bertz CT molecular complexity index is 316. The number of hydrogen-bond acceptors (Lipinski definition) is 3. The molecule has 2 aliphatic carbocycles. The predicted octanol–water partition coefficient (Wildman–Crippen LogP) is 4.55. The highest BCUT2D eigenvalue weighted by Gasteiger charge is 2.33. The highest BCUT2D eigenvalue weighted by Crippen LogP contribution is 2.43. The van der Waals surface area contributed by atoms with Crippen LogP contribution in [0.5, 0.6) is 0 Å². The predicted molar refractivity (Wildman–Crippen MR) is 73.0 cm³/mol. The molecule has 0 fully saturated rings. The molecular weight excluding hydrogens is 228 g/mol. The number of hydrogen-bond donors (Lipinski definition) is 0. The van der Waals surface area contributed by atoms with E-state index >= 15 is 0 Å². The van der Waals surface area contributed by atoms with Gasteiger partial charge in [-0.15, -0.1) is 11.8 Å². The molecule has 0 amide bonds. The van der Waals surface area contributed by atoms with Crippen molar-refractivity contribution in [2.75, 3.05) is 0 Å². The zero-order valence-corrected chi connectivity index (χ0v) is 11.0. The molecule has 4 atom stereocenters. The normalized spacial score (nSPS) is 40.9. The summed E-state index contributed by atoms with van der Waals surface area (Å²) in [5.41, 5.74) is 0. The number of allylic oxidation sites excluding steroid dienone is 4. The maximum Gasteiger partial charge on any atom is 0.121 e. The molecule has 0 aromatic rings. The molecule has 17 heavy (non-hydrogen) atoms. The largest absolute Gasteiger partial charge is 0.178 e. The van der Waals surface area contributed by atoms with Crippen molar-refractivity contribution in [2.24, 2.45) is 22.1 Å². The van der Waals surface area contributed by atoms with Crippen molar-refractivity contribution in [3.63, 3.8) is 0 Å². The van der Waals surface area contributed by atoms with E-state index in [0.717, 1.165) is 11.8 Å². The molecule has 1 aliphatic heterocycles. The van der Waals surface area contributed by atoms with Gasteiger partial charge in [-0.25, -0.2) is 0 Å². The summed E-state index contributed by atoms with van der Waals surface area (Å²) >= 11 is 2.02. The highest BCUT2D eigenvalue weighted by atomic mass is 32.2. The Morgan fingerprint density at radius 1 is 0.765 bits per heavy atom. The van der Waals surface area contributed by atoms with Crippen molar-refractivity contribution < 1.29 is 0 Å². The lowest BCUT2D eigenvalue weighted by Crippen LogP contribution is -2.19. The third kappa shape index (κ3) is 2.65. The summed E-state index contributed by atoms with van der Waals surface area (Å²) in [6.07, 6.45) is 16.7. The first-order valence-electron chi connectivity index (χ1n) is 6.79. The SMILES string of the molecule is C1=CCC(C2N=NC(C3CC=CCC3)S2)CC1. The van der Waals surface area contributed by atoms with Gasteiger partial charge in [-0.1, -0.05) is 24.3 Å². The van der Waals surface area contributed by atoms with E-state index < -0.39 is 0 Å². The first kappa shape index (κ1) is 11.5. The average molecular weight is 248 g/mol. The molecule has 1 heterocycles. The Morgan fingerprint density at radius 2 is 1.29 bits per heavy atom. The van der Waals surface area contributed by atoms with Gasteiger partial charge in [0, 0.05) is 0 Å². The Morgan fingerprint density at radius 3 is 1.71 bits per heavy atom. The molecule has 0 spiro atoms. The van der Waals surface area contributed by atoms with E-state index in [4.69, 9.17) is 0 Å². The van der Waals surface area contributed by atoms with Crippen molar-refractivity contribution in [1.82, 2.24) is 0 Å². The van der Waals surface area contributed by atoms with Gasteiger partial charge in [0.15, 0.2) is 0 Å². The van der Waals surface area contributed by atoms with Gasteiger partial charge in [-0.05, 0) is 50.4 Å². The molecule has 0 saturated heterocycles. The number of nitrogens with zero attached hydrogens (tertiary/aromatic N) is 2. The molecule has 92 valence electrons. The minimum Gasteiger partial charge on any atom is -0.178 e. The highest BCUT2D eigenvalue weighted by molar-refractivity contribution is 8.00. The summed E-state index contributed by atoms with van der Waals surface area (Å²) in [6, 6.07) is 0. The molecule has 0 aromatic heterocycles. The first-order chi connectivity index (χ1) is 8.43. The van der Waals surface area contributed by atoms with Crippen LogP contribution in [0, 0.1) is 11.8 Å². The van der Waals surface area contributed by atoms with Crippen LogP contribution in [-0.4, -0.2) is 10.7 Å². The number of thioether (sulfide) groups is 1. The van der Waals surface area contributed by atoms with Crippen LogP contribution in [0.2, 0.25) is 0 Å². The van der Waals surface area contributed by atoms with E-state index in [9.17, 15) is 0 Å². The Balaban J connectivity index is 1.56. The van der Waals surface area contributed by atoms with E-state index in [1.807, 2.05) is 11.8 Å². The van der Waals surface area contributed by atoms with Crippen molar-refractivity contribution in [3.05, 3.63) is 24.3 Å². The minimum atomic E-state index is 0.441. The average Bonchev–Trinajstić information content (AvgIpc) is 2.90. The van der Waals surface area contributed by atoms with Gasteiger partial charge in [0.05, 0.1) is 0 Å². The van der Waals surface area contributed by atoms with E-state index in [1.165, 1.54) is 38.5 Å². The molecule has 0 radical (unpaired) electrons. The summed E-state index contributed by atoms with van der Waals surface area (Å²) in [5, 5.41) is 9.97. The molecule has 4 unspecified atom stereocenters. The molecule has 0 bridgehead atoms. The zero-order chi connectivity index (χ0) is 11.5. The van der Waals surface area contributed by atoms with Crippen LogP contribution < -0.4 is 0 Å². The molecule has 0 saturated carbocycles. The second kappa shape index (κ2) is 5.38. The van der Waals surface area contributed by atoms with Crippen LogP contribution >= 0.6 is 11.8 Å². The topological polar surface area (TPSA) is 24.7 Å². The minimum absolute atomic E-state index is 0.441. The maximum atomic E-state index is 4.55. The Hall–Kier alpha value is -0.570. The van der Waals surface area contributed by atoms with Gasteiger partial charge in [0.1, 0.15) is 10.7 Å². The molecule has 0 aromatic carbocycles. The third-order valence-corrected chi connectivity index (χ3v) is 5.51. The van der Waals surface area contributed by atoms with Gasteiger partial charge in [-0.3, -0.25) is 0 Å². The van der Waals surface area contributed by atoms with Crippen LogP contribution in [0.4, 0.5) is 0 Å². The molecule has 2 nitrogen and oxygen atoms in total. The molecular formula is C14H20N2S. The van der Waals surface area contributed by atoms with Crippen LogP contribution in [0.3, 0.4) is 0 Å². The van der Waals surface area contributed by atoms with E-state index in [1.54, 1.807) is 0 Å². The Kier molecular flexibility index (Phi) is 3.65. The molecule has 3 aliphatic rings. The monoisotopic (exact) mass is 248 g/mol. The second-order valence-electron chi connectivity index (χ2n) is 5.24. The summed E-state index contributed by atoms with van der Waals surface area (Å²) in [7, 11) is 0. The van der Waals surface area contributed by atoms with Gasteiger partial charge in [0.2, 0.25) is 0 Å². The summed E-state index contributed by atoms with van der Waals surface area (Å²) in [4.78, 5) is 0. The van der Waals surface area contributed by atoms with Crippen molar-refractivity contribution in [2.45, 2.75) is 49.3 Å². The maximum absolute atomic E-state index is 4.55. The fraction of sp³-hybridized carbons (Fsp3) is 0.714. The Labute approximate surface area is 108 Å². The second-order valence-corrected chi connectivity index (χ2v) is 6.48. The van der Waals surface area contributed by atoms with Crippen LogP contribution in [-0.2, 0) is 0 Å². The lowest BCUT2D eigenvalue weighted by molar-refractivity contribution is 0.454. The van der Waals surface area contributed by atoms with Crippen LogP contribution in [0.1, 0.15) is 38.5 Å². The van der Waals surface area contributed by atoms with Gasteiger partial charge >= 0.3 is 0 Å². The van der Waals surface area contributed by atoms with Gasteiger partial charge < -0.3 is 0 Å². The zero-order valence-electron chi connectivity index (χ0n) is 10.2. The fourth-order valence-corrected chi connectivity index (χ4v) is 4.33. The van der Waals surface area contributed by atoms with Gasteiger partial charge in [-0.2, -0.15) is 10.2 Å². The smallest absolute Gasteiger partial charge is 0.121 e. The van der Waals surface area contributed by atoms with E-state index in [0.29, 0.717) is 10.7 Å². The van der Waals surface area contributed by atoms with Crippen molar-refractivity contribution in [1.29, 1.82) is 0 Å². The third-order valence-electron chi connectivity index (χ3n) is 4.00. The first-order valence-corrected chi connectivity index (χ1v) is 7.73. The number of rotatable bonds is 2. The lowest BCUT2D eigenvalue weighted by atomic mass is 9.94. The van der Waals surface area contributed by atoms with Gasteiger partial charge in [0.25, 0.3) is 0 Å². The standard InChI is InChI=1S/C14H20N2S/c1-3-7-11(8-4-1)13-15-16-14(17-13)12-9-5-2-6-10-12/h1-3,5,11-14H,4,6-10H2. The molecule has 3 rings (SSSR count). The molecule has 0 N–H and O–H groups in total. The number of azo groups is 1. The van der Waals surface area contributed by atoms with E-state index in [2.05, 4.69) is 34.5 Å². The quantitative estimate of drug-likeness (QED) is 0.658. The summed E-state index contributed by atoms with van der Waals surface area (Å²) in [6.45, 7) is 0. The molecule has 3 heteroatoms.